The molecule has 4 nitrogen and oxygen atoms in total. The molecule has 0 bridgehead atoms. The van der Waals surface area contributed by atoms with Gasteiger partial charge in [-0.3, -0.25) is 19.6 Å². The summed E-state index contributed by atoms with van der Waals surface area (Å²) in [5.74, 6) is 6.64. The van der Waals surface area contributed by atoms with E-state index in [4.69, 9.17) is 0 Å². The predicted molar refractivity (Wildman–Crippen MR) is 89.5 cm³/mol. The van der Waals surface area contributed by atoms with Gasteiger partial charge in [-0.25, -0.2) is 0 Å². The van der Waals surface area contributed by atoms with Crippen LogP contribution >= 0.6 is 0 Å². The highest BCUT2D eigenvalue weighted by atomic mass is 15.5. The summed E-state index contributed by atoms with van der Waals surface area (Å²) >= 11 is 0. The number of piperidine rings is 1. The van der Waals surface area contributed by atoms with E-state index >= 15 is 0 Å². The second-order valence-corrected chi connectivity index (χ2v) is 5.52. The van der Waals surface area contributed by atoms with Crippen molar-refractivity contribution in [3.63, 3.8) is 0 Å². The van der Waals surface area contributed by atoms with Crippen LogP contribution in [0.15, 0.2) is 49.1 Å². The van der Waals surface area contributed by atoms with Crippen molar-refractivity contribution in [3.8, 4) is 11.8 Å². The summed E-state index contributed by atoms with van der Waals surface area (Å²) in [5.41, 5.74) is 1.10. The Morgan fingerprint density at radius 2 is 1.73 bits per heavy atom. The van der Waals surface area contributed by atoms with E-state index < -0.39 is 0 Å². The Hall–Kier alpha value is -2.25. The lowest BCUT2D eigenvalue weighted by Crippen LogP contribution is -2.30. The van der Waals surface area contributed by atoms with Crippen LogP contribution in [0.1, 0.15) is 19.3 Å². The summed E-state index contributed by atoms with van der Waals surface area (Å²) in [5, 5.41) is 2.14. The van der Waals surface area contributed by atoms with E-state index in [1.54, 1.807) is 0 Å². The van der Waals surface area contributed by atoms with E-state index in [1.165, 1.54) is 32.4 Å². The Morgan fingerprint density at radius 3 is 2.45 bits per heavy atom. The fourth-order valence-electron chi connectivity index (χ4n) is 2.72. The second-order valence-electron chi connectivity index (χ2n) is 5.52. The molecule has 1 aliphatic rings. The lowest BCUT2D eigenvalue weighted by atomic mass is 10.1. The maximum absolute atomic E-state index is 4.09. The smallest absolute Gasteiger partial charge is 0.101 e. The summed E-state index contributed by atoms with van der Waals surface area (Å²) in [6.45, 7) is 3.95. The molecule has 4 heteroatoms. The van der Waals surface area contributed by atoms with Gasteiger partial charge in [0.2, 0.25) is 0 Å². The maximum Gasteiger partial charge on any atom is 0.101 e. The number of nitrogens with zero attached hydrogens (tertiary/aromatic N) is 4. The van der Waals surface area contributed by atoms with Crippen LogP contribution in [0.5, 0.6) is 0 Å². The Kier molecular flexibility index (Phi) is 5.12. The second kappa shape index (κ2) is 7.67. The largest absolute Gasteiger partial charge is 0.292 e. The predicted octanol–water partition coefficient (Wildman–Crippen LogP) is 2.64. The van der Waals surface area contributed by atoms with Crippen LogP contribution in [0.2, 0.25) is 0 Å². The Morgan fingerprint density at radius 1 is 1.00 bits per heavy atom. The summed E-state index contributed by atoms with van der Waals surface area (Å²) in [6, 6.07) is 8.06. The molecule has 0 N–H and O–H groups in total. The topological polar surface area (TPSA) is 24.3 Å². The number of likely N-dealkylation sites (tertiary alicyclic amines) is 1. The van der Waals surface area contributed by atoms with E-state index in [1.807, 2.05) is 49.1 Å². The van der Waals surface area contributed by atoms with Gasteiger partial charge < -0.3 is 0 Å². The van der Waals surface area contributed by atoms with E-state index in [-0.39, 0.29) is 0 Å². The molecule has 3 rings (SSSR count). The molecule has 3 heterocycles. The standard InChI is InChI=1S/C18H22N4/c1-2-12-20(13-3-1)14-4-7-17-22(21-15-5-6-16-21)18-8-10-19-11-9-18/h5-6,8-11,15-16H,1-3,12-14,17H2. The molecule has 0 unspecified atom stereocenters. The fraction of sp³-hybridized carbons (Fsp3) is 0.389. The average Bonchev–Trinajstić information content (AvgIpc) is 3.11. The minimum atomic E-state index is 0.673. The molecule has 0 saturated carbocycles. The van der Waals surface area contributed by atoms with Crippen molar-refractivity contribution in [2.45, 2.75) is 19.3 Å². The number of anilines is 1. The summed E-state index contributed by atoms with van der Waals surface area (Å²) in [7, 11) is 0. The van der Waals surface area contributed by atoms with E-state index in [0.717, 1.165) is 12.2 Å². The monoisotopic (exact) mass is 294 g/mol. The molecule has 22 heavy (non-hydrogen) atoms. The molecule has 0 aliphatic carbocycles. The third-order valence-corrected chi connectivity index (χ3v) is 3.93. The van der Waals surface area contributed by atoms with Crippen LogP contribution in [0.25, 0.3) is 0 Å². The zero-order chi connectivity index (χ0) is 15.0. The number of aromatic nitrogens is 2. The normalized spacial score (nSPS) is 15.1. The Labute approximate surface area is 132 Å². The van der Waals surface area contributed by atoms with Crippen LogP contribution in [0, 0.1) is 11.8 Å². The van der Waals surface area contributed by atoms with Crippen molar-refractivity contribution in [1.29, 1.82) is 0 Å². The first-order valence-electron chi connectivity index (χ1n) is 7.92. The van der Waals surface area contributed by atoms with Crippen LogP contribution < -0.4 is 5.01 Å². The van der Waals surface area contributed by atoms with Crippen molar-refractivity contribution in [2.75, 3.05) is 31.2 Å². The van der Waals surface area contributed by atoms with Crippen molar-refractivity contribution in [3.05, 3.63) is 49.1 Å². The molecule has 0 atom stereocenters. The first-order chi connectivity index (χ1) is 10.9. The minimum Gasteiger partial charge on any atom is -0.292 e. The van der Waals surface area contributed by atoms with Crippen LogP contribution in [-0.2, 0) is 0 Å². The van der Waals surface area contributed by atoms with Crippen LogP contribution in [0.4, 0.5) is 5.69 Å². The molecule has 0 radical (unpaired) electrons. The summed E-state index contributed by atoms with van der Waals surface area (Å²) < 4.78 is 2.06. The highest BCUT2D eigenvalue weighted by Crippen LogP contribution is 2.13. The maximum atomic E-state index is 4.09. The SMILES string of the molecule is C(#CCN(c1ccncc1)n1cccc1)CN1CCCCC1. The van der Waals surface area contributed by atoms with Gasteiger partial charge in [0.1, 0.15) is 6.54 Å². The van der Waals surface area contributed by atoms with Crippen molar-refractivity contribution in [1.82, 2.24) is 14.6 Å². The van der Waals surface area contributed by atoms with Gasteiger partial charge >= 0.3 is 0 Å². The molecule has 0 spiro atoms. The van der Waals surface area contributed by atoms with Crippen LogP contribution in [0.3, 0.4) is 0 Å². The zero-order valence-corrected chi connectivity index (χ0v) is 12.9. The van der Waals surface area contributed by atoms with Gasteiger partial charge in [0.25, 0.3) is 0 Å². The van der Waals surface area contributed by atoms with Gasteiger partial charge in [-0.15, -0.1) is 0 Å². The summed E-state index contributed by atoms with van der Waals surface area (Å²) in [4.78, 5) is 6.54. The lowest BCUT2D eigenvalue weighted by Gasteiger charge is -2.24. The fourth-order valence-corrected chi connectivity index (χ4v) is 2.72. The molecular weight excluding hydrogens is 272 g/mol. The third kappa shape index (κ3) is 3.90. The molecule has 1 fully saturated rings. The van der Waals surface area contributed by atoms with Gasteiger partial charge in [0, 0.05) is 24.8 Å². The van der Waals surface area contributed by atoms with Gasteiger partial charge in [-0.05, 0) is 50.2 Å². The zero-order valence-electron chi connectivity index (χ0n) is 12.9. The van der Waals surface area contributed by atoms with E-state index in [2.05, 4.69) is 31.4 Å². The quantitative estimate of drug-likeness (QED) is 0.810. The molecule has 0 amide bonds. The van der Waals surface area contributed by atoms with Crippen molar-refractivity contribution in [2.24, 2.45) is 0 Å². The first kappa shape index (κ1) is 14.7. The molecule has 0 aromatic carbocycles. The molecule has 2 aromatic heterocycles. The Bertz CT molecular complexity index is 604. The van der Waals surface area contributed by atoms with Gasteiger partial charge in [-0.1, -0.05) is 18.3 Å². The number of hydrogen-bond donors (Lipinski definition) is 0. The molecule has 114 valence electrons. The van der Waals surface area contributed by atoms with Crippen LogP contribution in [-0.4, -0.2) is 40.7 Å². The van der Waals surface area contributed by atoms with Crippen molar-refractivity contribution < 1.29 is 0 Å². The average molecular weight is 294 g/mol. The molecule has 2 aromatic rings. The number of hydrogen-bond acceptors (Lipinski definition) is 3. The molecular formula is C18H22N4. The lowest BCUT2D eigenvalue weighted by molar-refractivity contribution is 0.255. The summed E-state index contributed by atoms with van der Waals surface area (Å²) in [6.07, 6.45) is 11.7. The van der Waals surface area contributed by atoms with Gasteiger partial charge in [-0.2, -0.15) is 0 Å². The first-order valence-corrected chi connectivity index (χ1v) is 7.92. The Balaban J connectivity index is 1.64. The van der Waals surface area contributed by atoms with Gasteiger partial charge in [0.05, 0.1) is 12.2 Å². The molecule has 1 aliphatic heterocycles. The number of pyridine rings is 1. The molecule has 1 saturated heterocycles. The van der Waals surface area contributed by atoms with E-state index in [9.17, 15) is 0 Å². The third-order valence-electron chi connectivity index (χ3n) is 3.93. The highest BCUT2D eigenvalue weighted by Gasteiger charge is 2.08. The van der Waals surface area contributed by atoms with E-state index in [0.29, 0.717) is 6.54 Å². The van der Waals surface area contributed by atoms with Gasteiger partial charge in [0.15, 0.2) is 0 Å². The van der Waals surface area contributed by atoms with Crippen molar-refractivity contribution >= 4 is 5.69 Å². The number of rotatable bonds is 4. The highest BCUT2D eigenvalue weighted by molar-refractivity contribution is 5.45. The minimum absolute atomic E-state index is 0.673.